The van der Waals surface area contributed by atoms with E-state index in [-0.39, 0.29) is 0 Å². The first-order valence-corrected chi connectivity index (χ1v) is 8.58. The first-order chi connectivity index (χ1) is 8.70. The molecule has 0 bridgehead atoms. The first-order valence-electron chi connectivity index (χ1n) is 6.85. The molecule has 1 N–H and O–H groups in total. The molecule has 0 amide bonds. The summed E-state index contributed by atoms with van der Waals surface area (Å²) in [5.74, 6) is 0.994. The highest BCUT2D eigenvalue weighted by Gasteiger charge is 2.01. The van der Waals surface area contributed by atoms with Crippen molar-refractivity contribution in [3.05, 3.63) is 0 Å². The van der Waals surface area contributed by atoms with Gasteiger partial charge in [-0.2, -0.15) is 0 Å². The maximum Gasteiger partial charge on any atom is 0.227 e. The molecule has 0 aromatic heterocycles. The number of unbranched alkanes of at least 4 members (excludes halogenated alkanes) is 5. The van der Waals surface area contributed by atoms with Gasteiger partial charge in [0.2, 0.25) is 5.90 Å². The van der Waals surface area contributed by atoms with Crippen LogP contribution < -0.4 is 0 Å². The van der Waals surface area contributed by atoms with Crippen LogP contribution in [0.1, 0.15) is 58.3 Å². The molecular weight excluding hydrogens is 250 g/mol. The fourth-order valence-electron chi connectivity index (χ4n) is 1.68. The standard InChI is InChI=1S/C13H27NO3S/c1-3-4-5-6-7-8-11-14-13(17-15)10-9-12-18(2)16/h15H,3-12H2,1-2H3. The fourth-order valence-corrected chi connectivity index (χ4v) is 2.23. The monoisotopic (exact) mass is 277 g/mol. The molecule has 0 rings (SSSR count). The third kappa shape index (κ3) is 12.0. The van der Waals surface area contributed by atoms with E-state index in [1.54, 1.807) is 6.26 Å². The van der Waals surface area contributed by atoms with Crippen molar-refractivity contribution in [3.63, 3.8) is 0 Å². The van der Waals surface area contributed by atoms with Gasteiger partial charge in [-0.1, -0.05) is 39.0 Å². The maximum absolute atomic E-state index is 10.9. The minimum absolute atomic E-state index is 0.369. The predicted molar refractivity (Wildman–Crippen MR) is 77.6 cm³/mol. The minimum atomic E-state index is -0.788. The Morgan fingerprint density at radius 1 is 1.17 bits per heavy atom. The largest absolute Gasteiger partial charge is 0.325 e. The van der Waals surface area contributed by atoms with E-state index in [0.29, 0.717) is 24.6 Å². The Bertz CT molecular complexity index is 244. The summed E-state index contributed by atoms with van der Waals surface area (Å²) in [5.41, 5.74) is 0. The van der Waals surface area contributed by atoms with E-state index in [9.17, 15) is 4.21 Å². The van der Waals surface area contributed by atoms with Crippen LogP contribution in [0, 0.1) is 0 Å². The van der Waals surface area contributed by atoms with Crippen molar-refractivity contribution < 1.29 is 14.4 Å². The second-order valence-corrected chi connectivity index (χ2v) is 6.07. The van der Waals surface area contributed by atoms with Crippen LogP contribution in [-0.2, 0) is 15.7 Å². The molecule has 18 heavy (non-hydrogen) atoms. The van der Waals surface area contributed by atoms with Crippen LogP contribution in [0.25, 0.3) is 0 Å². The average molecular weight is 277 g/mol. The van der Waals surface area contributed by atoms with Gasteiger partial charge in [-0.3, -0.25) is 9.20 Å². The summed E-state index contributed by atoms with van der Waals surface area (Å²) in [7, 11) is -0.788. The SMILES string of the molecule is CCCCCCCCN=C(CCCS(C)=O)OO. The average Bonchev–Trinajstić information content (AvgIpc) is 2.35. The topological polar surface area (TPSA) is 58.9 Å². The molecule has 4 nitrogen and oxygen atoms in total. The van der Waals surface area contributed by atoms with Crippen molar-refractivity contribution in [2.75, 3.05) is 18.6 Å². The molecule has 0 heterocycles. The van der Waals surface area contributed by atoms with Gasteiger partial charge in [0, 0.05) is 35.8 Å². The molecular formula is C13H27NO3S. The number of nitrogens with zero attached hydrogens (tertiary/aromatic N) is 1. The Hall–Kier alpha value is -0.420. The van der Waals surface area contributed by atoms with Gasteiger partial charge in [0.25, 0.3) is 0 Å². The van der Waals surface area contributed by atoms with E-state index in [1.165, 1.54) is 32.1 Å². The Labute approximate surface area is 113 Å². The van der Waals surface area contributed by atoms with Crippen molar-refractivity contribution >= 4 is 16.7 Å². The normalized spacial score (nSPS) is 13.6. The van der Waals surface area contributed by atoms with Crippen LogP contribution in [0.5, 0.6) is 0 Å². The molecule has 108 valence electrons. The van der Waals surface area contributed by atoms with E-state index >= 15 is 0 Å². The lowest BCUT2D eigenvalue weighted by atomic mass is 10.1. The van der Waals surface area contributed by atoms with Gasteiger partial charge in [-0.15, -0.1) is 0 Å². The van der Waals surface area contributed by atoms with Gasteiger partial charge in [-0.05, 0) is 12.8 Å². The van der Waals surface area contributed by atoms with Crippen molar-refractivity contribution in [3.8, 4) is 0 Å². The Kier molecular flexibility index (Phi) is 12.7. The highest BCUT2D eigenvalue weighted by atomic mass is 32.2. The van der Waals surface area contributed by atoms with Gasteiger partial charge in [0.05, 0.1) is 0 Å². The zero-order valence-electron chi connectivity index (χ0n) is 11.7. The second kappa shape index (κ2) is 13.0. The van der Waals surface area contributed by atoms with E-state index in [4.69, 9.17) is 5.26 Å². The summed E-state index contributed by atoms with van der Waals surface area (Å²) in [5, 5.41) is 8.66. The van der Waals surface area contributed by atoms with Crippen LogP contribution in [0.3, 0.4) is 0 Å². The van der Waals surface area contributed by atoms with Gasteiger partial charge < -0.3 is 4.89 Å². The number of rotatable bonds is 11. The summed E-state index contributed by atoms with van der Waals surface area (Å²) < 4.78 is 10.9. The van der Waals surface area contributed by atoms with Crippen LogP contribution >= 0.6 is 0 Å². The number of aliphatic imine (C=N–C) groups is 1. The van der Waals surface area contributed by atoms with Crippen LogP contribution in [-0.4, -0.2) is 33.9 Å². The zero-order valence-corrected chi connectivity index (χ0v) is 12.5. The summed E-state index contributed by atoms with van der Waals surface area (Å²) in [6.07, 6.45) is 10.3. The minimum Gasteiger partial charge on any atom is -0.325 e. The zero-order chi connectivity index (χ0) is 13.6. The molecule has 1 atom stereocenters. The summed E-state index contributed by atoms with van der Waals surface area (Å²) in [4.78, 5) is 8.43. The molecule has 0 spiro atoms. The summed E-state index contributed by atoms with van der Waals surface area (Å²) in [6, 6.07) is 0. The summed E-state index contributed by atoms with van der Waals surface area (Å²) >= 11 is 0. The van der Waals surface area contributed by atoms with Gasteiger partial charge in [-0.25, -0.2) is 5.26 Å². The molecule has 1 unspecified atom stereocenters. The van der Waals surface area contributed by atoms with E-state index < -0.39 is 10.8 Å². The highest BCUT2D eigenvalue weighted by molar-refractivity contribution is 7.84. The van der Waals surface area contributed by atoms with E-state index in [2.05, 4.69) is 16.8 Å². The van der Waals surface area contributed by atoms with Gasteiger partial charge in [0.15, 0.2) is 0 Å². The highest BCUT2D eigenvalue weighted by Crippen LogP contribution is 2.05. The molecule has 0 aromatic rings. The smallest absolute Gasteiger partial charge is 0.227 e. The molecule has 0 aliphatic carbocycles. The molecule has 0 aromatic carbocycles. The van der Waals surface area contributed by atoms with E-state index in [1.807, 2.05) is 0 Å². The Balaban J connectivity index is 3.54. The Morgan fingerprint density at radius 2 is 1.83 bits per heavy atom. The van der Waals surface area contributed by atoms with Crippen molar-refractivity contribution in [2.24, 2.45) is 4.99 Å². The third-order valence-electron chi connectivity index (χ3n) is 2.73. The Morgan fingerprint density at radius 3 is 2.44 bits per heavy atom. The van der Waals surface area contributed by atoms with Gasteiger partial charge >= 0.3 is 0 Å². The maximum atomic E-state index is 10.9. The third-order valence-corrected chi connectivity index (χ3v) is 3.59. The van der Waals surface area contributed by atoms with Crippen LogP contribution in [0.2, 0.25) is 0 Å². The molecule has 0 saturated heterocycles. The van der Waals surface area contributed by atoms with Crippen molar-refractivity contribution in [2.45, 2.75) is 58.3 Å². The van der Waals surface area contributed by atoms with E-state index in [0.717, 1.165) is 12.8 Å². The number of hydrogen-bond donors (Lipinski definition) is 1. The van der Waals surface area contributed by atoms with Crippen molar-refractivity contribution in [1.82, 2.24) is 0 Å². The lowest BCUT2D eigenvalue weighted by Crippen LogP contribution is -2.05. The molecule has 0 aliphatic rings. The quantitative estimate of drug-likeness (QED) is 0.207. The second-order valence-electron chi connectivity index (χ2n) is 4.52. The first kappa shape index (κ1) is 17.6. The number of hydrogen-bond acceptors (Lipinski definition) is 4. The molecule has 0 fully saturated rings. The van der Waals surface area contributed by atoms with Crippen molar-refractivity contribution in [1.29, 1.82) is 0 Å². The van der Waals surface area contributed by atoms with Crippen LogP contribution in [0.4, 0.5) is 0 Å². The lowest BCUT2D eigenvalue weighted by Gasteiger charge is -2.02. The fraction of sp³-hybridized carbons (Fsp3) is 0.923. The van der Waals surface area contributed by atoms with Gasteiger partial charge in [0.1, 0.15) is 0 Å². The van der Waals surface area contributed by atoms with Crippen LogP contribution in [0.15, 0.2) is 4.99 Å². The molecule has 5 heteroatoms. The summed E-state index contributed by atoms with van der Waals surface area (Å²) in [6.45, 7) is 2.91. The molecule has 0 radical (unpaired) electrons. The molecule has 0 aliphatic heterocycles. The molecule has 0 saturated carbocycles. The lowest BCUT2D eigenvalue weighted by molar-refractivity contribution is -0.157. The predicted octanol–water partition coefficient (Wildman–Crippen LogP) is 3.39.